The topological polar surface area (TPSA) is 74.8 Å². The van der Waals surface area contributed by atoms with E-state index in [1.165, 1.54) is 17.8 Å². The van der Waals surface area contributed by atoms with E-state index in [4.69, 9.17) is 0 Å². The van der Waals surface area contributed by atoms with Crippen LogP contribution < -0.4 is 10.9 Å². The molecule has 1 unspecified atom stereocenters. The minimum atomic E-state index is -0.315. The zero-order valence-corrected chi connectivity index (χ0v) is 13.7. The van der Waals surface area contributed by atoms with Crippen molar-refractivity contribution < 1.29 is 4.79 Å². The zero-order chi connectivity index (χ0) is 16.1. The van der Waals surface area contributed by atoms with Crippen molar-refractivity contribution in [1.29, 1.82) is 0 Å². The van der Waals surface area contributed by atoms with Gasteiger partial charge in [-0.15, -0.1) is 0 Å². The molecule has 0 saturated carbocycles. The van der Waals surface area contributed by atoms with Gasteiger partial charge < -0.3 is 10.3 Å². The van der Waals surface area contributed by atoms with Crippen LogP contribution in [0.3, 0.4) is 0 Å². The minimum absolute atomic E-state index is 0.0917. The number of para-hydroxylation sites is 1. The third-order valence-corrected chi connectivity index (χ3v) is 4.42. The van der Waals surface area contributed by atoms with Gasteiger partial charge in [-0.05, 0) is 31.9 Å². The first-order valence-electron chi connectivity index (χ1n) is 7.10. The SMILES string of the molecule is CCC(Sc1nc(C)cc(=O)[nH]1)C(=O)Nc1ccccc1C. The number of nitrogens with one attached hydrogen (secondary N) is 2. The third-order valence-electron chi connectivity index (χ3n) is 3.17. The van der Waals surface area contributed by atoms with Gasteiger partial charge in [-0.1, -0.05) is 36.9 Å². The zero-order valence-electron chi connectivity index (χ0n) is 12.8. The van der Waals surface area contributed by atoms with Gasteiger partial charge in [-0.3, -0.25) is 9.59 Å². The van der Waals surface area contributed by atoms with E-state index in [-0.39, 0.29) is 16.7 Å². The number of nitrogens with zero attached hydrogens (tertiary/aromatic N) is 1. The van der Waals surface area contributed by atoms with Gasteiger partial charge in [-0.2, -0.15) is 0 Å². The summed E-state index contributed by atoms with van der Waals surface area (Å²) in [6.45, 7) is 5.64. The number of hydrogen-bond acceptors (Lipinski definition) is 4. The van der Waals surface area contributed by atoms with E-state index in [1.807, 2.05) is 38.1 Å². The summed E-state index contributed by atoms with van der Waals surface area (Å²) >= 11 is 1.27. The summed E-state index contributed by atoms with van der Waals surface area (Å²) in [7, 11) is 0. The molecule has 0 aliphatic rings. The van der Waals surface area contributed by atoms with Gasteiger partial charge >= 0.3 is 0 Å². The van der Waals surface area contributed by atoms with E-state index in [2.05, 4.69) is 15.3 Å². The molecule has 0 saturated heterocycles. The molecule has 1 amide bonds. The second kappa shape index (κ2) is 7.26. The summed E-state index contributed by atoms with van der Waals surface area (Å²) in [5.41, 5.74) is 2.25. The van der Waals surface area contributed by atoms with Gasteiger partial charge in [0.2, 0.25) is 5.91 Å². The largest absolute Gasteiger partial charge is 0.325 e. The summed E-state index contributed by atoms with van der Waals surface area (Å²) in [5, 5.41) is 3.09. The van der Waals surface area contributed by atoms with Crippen LogP contribution in [0.4, 0.5) is 5.69 Å². The molecule has 22 heavy (non-hydrogen) atoms. The molecule has 0 fully saturated rings. The molecule has 2 N–H and O–H groups in total. The average Bonchev–Trinajstić information content (AvgIpc) is 2.46. The van der Waals surface area contributed by atoms with Gasteiger partial charge in [0.05, 0.1) is 5.25 Å². The van der Waals surface area contributed by atoms with Gasteiger partial charge in [0.25, 0.3) is 5.56 Å². The van der Waals surface area contributed by atoms with Crippen LogP contribution in [0.15, 0.2) is 40.3 Å². The number of aromatic amines is 1. The second-order valence-corrected chi connectivity index (χ2v) is 6.20. The fourth-order valence-corrected chi connectivity index (χ4v) is 2.95. The Kier molecular flexibility index (Phi) is 5.38. The molecule has 0 aliphatic carbocycles. The maximum absolute atomic E-state index is 12.4. The Bertz CT molecular complexity index is 727. The molecule has 2 aromatic rings. The van der Waals surface area contributed by atoms with E-state index >= 15 is 0 Å². The summed E-state index contributed by atoms with van der Waals surface area (Å²) in [5.74, 6) is -0.0917. The predicted octanol–water partition coefficient (Wildman–Crippen LogP) is 2.90. The van der Waals surface area contributed by atoms with Crippen LogP contribution in [0.25, 0.3) is 0 Å². The number of aryl methyl sites for hydroxylation is 2. The fourth-order valence-electron chi connectivity index (χ4n) is 1.99. The van der Waals surface area contributed by atoms with Crippen molar-refractivity contribution in [3.63, 3.8) is 0 Å². The molecule has 5 nitrogen and oxygen atoms in total. The summed E-state index contributed by atoms with van der Waals surface area (Å²) in [6, 6.07) is 9.06. The fraction of sp³-hybridized carbons (Fsp3) is 0.312. The van der Waals surface area contributed by atoms with Crippen molar-refractivity contribution in [2.45, 2.75) is 37.6 Å². The molecule has 2 rings (SSSR count). The lowest BCUT2D eigenvalue weighted by Gasteiger charge is -2.15. The van der Waals surface area contributed by atoms with Gasteiger partial charge in [-0.25, -0.2) is 4.98 Å². The maximum Gasteiger partial charge on any atom is 0.251 e. The van der Waals surface area contributed by atoms with E-state index < -0.39 is 0 Å². The monoisotopic (exact) mass is 317 g/mol. The van der Waals surface area contributed by atoms with Crippen molar-refractivity contribution in [2.75, 3.05) is 5.32 Å². The number of carbonyl (C=O) groups is 1. The van der Waals surface area contributed by atoms with E-state index in [0.29, 0.717) is 17.3 Å². The Morgan fingerprint density at radius 3 is 2.73 bits per heavy atom. The number of thioether (sulfide) groups is 1. The van der Waals surface area contributed by atoms with Crippen LogP contribution in [-0.2, 0) is 4.79 Å². The number of amides is 1. The summed E-state index contributed by atoms with van der Waals surface area (Å²) < 4.78 is 0. The normalized spacial score (nSPS) is 12.0. The number of rotatable bonds is 5. The quantitative estimate of drug-likeness (QED) is 0.657. The van der Waals surface area contributed by atoms with Crippen molar-refractivity contribution in [3.8, 4) is 0 Å². The summed E-state index contributed by atoms with van der Waals surface area (Å²) in [6.07, 6.45) is 0.639. The highest BCUT2D eigenvalue weighted by Gasteiger charge is 2.19. The Morgan fingerprint density at radius 1 is 1.36 bits per heavy atom. The van der Waals surface area contributed by atoms with E-state index in [9.17, 15) is 9.59 Å². The molecule has 0 radical (unpaired) electrons. The number of H-pyrrole nitrogens is 1. The number of aromatic nitrogens is 2. The van der Waals surface area contributed by atoms with Crippen LogP contribution in [0.5, 0.6) is 0 Å². The van der Waals surface area contributed by atoms with Crippen LogP contribution in [0.1, 0.15) is 24.6 Å². The molecular weight excluding hydrogens is 298 g/mol. The van der Waals surface area contributed by atoms with Crippen molar-refractivity contribution in [3.05, 3.63) is 51.9 Å². The highest BCUT2D eigenvalue weighted by Crippen LogP contribution is 2.23. The highest BCUT2D eigenvalue weighted by molar-refractivity contribution is 8.00. The first-order valence-corrected chi connectivity index (χ1v) is 7.98. The molecular formula is C16H19N3O2S. The standard InChI is InChI=1S/C16H19N3O2S/c1-4-13(22-16-17-11(3)9-14(20)19-16)15(21)18-12-8-6-5-7-10(12)2/h5-9,13H,4H2,1-3H3,(H,18,21)(H,17,19,20). The lowest BCUT2D eigenvalue weighted by molar-refractivity contribution is -0.115. The highest BCUT2D eigenvalue weighted by atomic mass is 32.2. The smallest absolute Gasteiger partial charge is 0.251 e. The van der Waals surface area contributed by atoms with Crippen LogP contribution in [0.2, 0.25) is 0 Å². The number of benzene rings is 1. The summed E-state index contributed by atoms with van der Waals surface area (Å²) in [4.78, 5) is 30.8. The lowest BCUT2D eigenvalue weighted by Crippen LogP contribution is -2.25. The average molecular weight is 317 g/mol. The van der Waals surface area contributed by atoms with Gasteiger partial charge in [0.15, 0.2) is 5.16 Å². The molecule has 0 aliphatic heterocycles. The Balaban J connectivity index is 2.12. The number of hydrogen-bond donors (Lipinski definition) is 2. The predicted molar refractivity (Wildman–Crippen MR) is 89.3 cm³/mol. The third kappa shape index (κ3) is 4.21. The number of carbonyl (C=O) groups excluding carboxylic acids is 1. The molecule has 116 valence electrons. The lowest BCUT2D eigenvalue weighted by atomic mass is 10.2. The first-order chi connectivity index (χ1) is 10.5. The first kappa shape index (κ1) is 16.3. The van der Waals surface area contributed by atoms with E-state index in [1.54, 1.807) is 6.92 Å². The number of anilines is 1. The van der Waals surface area contributed by atoms with Crippen molar-refractivity contribution in [2.24, 2.45) is 0 Å². The molecule has 0 bridgehead atoms. The molecule has 0 spiro atoms. The Labute approximate surface area is 133 Å². The second-order valence-electron chi connectivity index (χ2n) is 5.01. The van der Waals surface area contributed by atoms with Gasteiger partial charge in [0, 0.05) is 17.4 Å². The molecule has 6 heteroatoms. The minimum Gasteiger partial charge on any atom is -0.325 e. The Morgan fingerprint density at radius 2 is 2.09 bits per heavy atom. The molecule has 1 aromatic heterocycles. The molecule has 1 aromatic carbocycles. The molecule has 1 heterocycles. The maximum atomic E-state index is 12.4. The van der Waals surface area contributed by atoms with Crippen LogP contribution >= 0.6 is 11.8 Å². The Hall–Kier alpha value is -2.08. The van der Waals surface area contributed by atoms with Gasteiger partial charge in [0.1, 0.15) is 0 Å². The van der Waals surface area contributed by atoms with Crippen LogP contribution in [-0.4, -0.2) is 21.1 Å². The van der Waals surface area contributed by atoms with Crippen molar-refractivity contribution >= 4 is 23.4 Å². The van der Waals surface area contributed by atoms with E-state index in [0.717, 1.165) is 11.3 Å². The van der Waals surface area contributed by atoms with Crippen molar-refractivity contribution in [1.82, 2.24) is 9.97 Å². The molecule has 1 atom stereocenters. The van der Waals surface area contributed by atoms with Crippen LogP contribution in [0, 0.1) is 13.8 Å².